The lowest BCUT2D eigenvalue weighted by Gasteiger charge is -2.19. The van der Waals surface area contributed by atoms with Crippen LogP contribution in [0.4, 0.5) is 8.78 Å². The van der Waals surface area contributed by atoms with Gasteiger partial charge in [-0.1, -0.05) is 30.3 Å². The van der Waals surface area contributed by atoms with Crippen molar-refractivity contribution in [3.05, 3.63) is 35.9 Å². The summed E-state index contributed by atoms with van der Waals surface area (Å²) in [5.74, 6) is -5.64. The fraction of sp³-hybridized carbons (Fsp3) is 0.385. The minimum atomic E-state index is -3.63. The van der Waals surface area contributed by atoms with E-state index in [0.717, 1.165) is 0 Å². The van der Waals surface area contributed by atoms with Crippen LogP contribution in [0.15, 0.2) is 30.3 Å². The molecule has 0 bridgehead atoms. The second-order valence-electron chi connectivity index (χ2n) is 4.10. The molecule has 1 aromatic rings. The van der Waals surface area contributed by atoms with Crippen LogP contribution in [0.5, 0.6) is 0 Å². The number of halogens is 2. The predicted octanol–water partition coefficient (Wildman–Crippen LogP) is 1.85. The minimum Gasteiger partial charge on any atom is -0.469 e. The number of methoxy groups -OCH3 is 1. The van der Waals surface area contributed by atoms with Gasteiger partial charge in [0.25, 0.3) is 5.91 Å². The maximum absolute atomic E-state index is 13.8. The Labute approximate surface area is 109 Å². The van der Waals surface area contributed by atoms with Crippen molar-refractivity contribution in [3.63, 3.8) is 0 Å². The number of esters is 1. The lowest BCUT2D eigenvalue weighted by Crippen LogP contribution is -2.43. The SMILES string of the molecule is COC(=O)CC(C)NC(=O)C(F)(F)c1ccccc1. The largest absolute Gasteiger partial charge is 0.469 e. The first-order valence-corrected chi connectivity index (χ1v) is 5.69. The van der Waals surface area contributed by atoms with Gasteiger partial charge in [-0.3, -0.25) is 9.59 Å². The Kier molecular flexibility index (Phi) is 4.97. The maximum Gasteiger partial charge on any atom is 0.349 e. The number of carbonyl (C=O) groups excluding carboxylic acids is 2. The number of benzene rings is 1. The number of hydrogen-bond donors (Lipinski definition) is 1. The number of amides is 1. The van der Waals surface area contributed by atoms with Crippen LogP contribution in [0.3, 0.4) is 0 Å². The molecule has 0 aliphatic carbocycles. The van der Waals surface area contributed by atoms with Gasteiger partial charge in [0.2, 0.25) is 0 Å². The molecule has 0 radical (unpaired) electrons. The predicted molar refractivity (Wildman–Crippen MR) is 64.6 cm³/mol. The fourth-order valence-electron chi connectivity index (χ4n) is 1.48. The van der Waals surface area contributed by atoms with Gasteiger partial charge in [-0.05, 0) is 6.92 Å². The maximum atomic E-state index is 13.8. The molecular formula is C13H15F2NO3. The highest BCUT2D eigenvalue weighted by Gasteiger charge is 2.41. The summed E-state index contributed by atoms with van der Waals surface area (Å²) >= 11 is 0. The number of carbonyl (C=O) groups is 2. The van der Waals surface area contributed by atoms with Crippen LogP contribution in [0.25, 0.3) is 0 Å². The first-order valence-electron chi connectivity index (χ1n) is 5.69. The molecule has 0 aliphatic heterocycles. The molecular weight excluding hydrogens is 256 g/mol. The van der Waals surface area contributed by atoms with Crippen molar-refractivity contribution in [1.29, 1.82) is 0 Å². The van der Waals surface area contributed by atoms with Crippen molar-refractivity contribution < 1.29 is 23.1 Å². The Morgan fingerprint density at radius 1 is 1.32 bits per heavy atom. The second-order valence-corrected chi connectivity index (χ2v) is 4.10. The second kappa shape index (κ2) is 6.26. The number of alkyl halides is 2. The Morgan fingerprint density at radius 3 is 2.42 bits per heavy atom. The van der Waals surface area contributed by atoms with E-state index in [-0.39, 0.29) is 6.42 Å². The van der Waals surface area contributed by atoms with E-state index in [0.29, 0.717) is 0 Å². The number of ether oxygens (including phenoxy) is 1. The van der Waals surface area contributed by atoms with Gasteiger partial charge in [-0.2, -0.15) is 8.78 Å². The molecule has 104 valence electrons. The van der Waals surface area contributed by atoms with Crippen molar-refractivity contribution in [2.75, 3.05) is 7.11 Å². The van der Waals surface area contributed by atoms with Crippen molar-refractivity contribution >= 4 is 11.9 Å². The summed E-state index contributed by atoms with van der Waals surface area (Å²) in [6.07, 6.45) is -0.160. The standard InChI is InChI=1S/C13H15F2NO3/c1-9(8-11(17)19-2)16-12(18)13(14,15)10-6-4-3-5-7-10/h3-7,9H,8H2,1-2H3,(H,16,18). The van der Waals surface area contributed by atoms with Gasteiger partial charge in [-0.25, -0.2) is 0 Å². The monoisotopic (exact) mass is 271 g/mol. The highest BCUT2D eigenvalue weighted by atomic mass is 19.3. The highest BCUT2D eigenvalue weighted by Crippen LogP contribution is 2.27. The van der Waals surface area contributed by atoms with Crippen LogP contribution in [0.1, 0.15) is 18.9 Å². The Bertz CT molecular complexity index is 448. The number of rotatable bonds is 5. The van der Waals surface area contributed by atoms with Gasteiger partial charge < -0.3 is 10.1 Å². The van der Waals surface area contributed by atoms with Crippen molar-refractivity contribution in [2.45, 2.75) is 25.3 Å². The van der Waals surface area contributed by atoms with Gasteiger partial charge in [-0.15, -0.1) is 0 Å². The highest BCUT2D eigenvalue weighted by molar-refractivity contribution is 5.85. The first kappa shape index (κ1) is 15.1. The molecule has 0 spiro atoms. The molecule has 1 unspecified atom stereocenters. The molecule has 0 aromatic heterocycles. The zero-order valence-corrected chi connectivity index (χ0v) is 10.7. The van der Waals surface area contributed by atoms with Crippen LogP contribution in [0, 0.1) is 0 Å². The van der Waals surface area contributed by atoms with Gasteiger partial charge >= 0.3 is 11.9 Å². The van der Waals surface area contributed by atoms with Gasteiger partial charge in [0.15, 0.2) is 0 Å². The molecule has 1 rings (SSSR count). The van der Waals surface area contributed by atoms with Crippen molar-refractivity contribution in [2.24, 2.45) is 0 Å². The third-order valence-electron chi connectivity index (χ3n) is 2.50. The summed E-state index contributed by atoms with van der Waals surface area (Å²) in [6, 6.07) is 6.05. The summed E-state index contributed by atoms with van der Waals surface area (Å²) in [7, 11) is 1.19. The summed E-state index contributed by atoms with van der Waals surface area (Å²) in [6.45, 7) is 1.45. The van der Waals surface area contributed by atoms with Gasteiger partial charge in [0.1, 0.15) is 0 Å². The molecule has 0 fully saturated rings. The normalized spacial score (nSPS) is 12.6. The van der Waals surface area contributed by atoms with E-state index >= 15 is 0 Å². The summed E-state index contributed by atoms with van der Waals surface area (Å²) < 4.78 is 32.0. The molecule has 19 heavy (non-hydrogen) atoms. The van der Waals surface area contributed by atoms with Crippen LogP contribution in [-0.2, 0) is 20.2 Å². The van der Waals surface area contributed by atoms with E-state index in [1.165, 1.54) is 38.3 Å². The van der Waals surface area contributed by atoms with E-state index in [4.69, 9.17) is 0 Å². The topological polar surface area (TPSA) is 55.4 Å². The summed E-state index contributed by atoms with van der Waals surface area (Å²) in [5, 5.41) is 2.09. The minimum absolute atomic E-state index is 0.160. The molecule has 6 heteroatoms. The van der Waals surface area contributed by atoms with E-state index in [2.05, 4.69) is 10.1 Å². The molecule has 1 amide bonds. The zero-order chi connectivity index (χ0) is 14.5. The molecule has 0 saturated carbocycles. The van der Waals surface area contributed by atoms with Gasteiger partial charge in [0.05, 0.1) is 13.5 Å². The smallest absolute Gasteiger partial charge is 0.349 e. The third-order valence-corrected chi connectivity index (χ3v) is 2.50. The first-order chi connectivity index (χ1) is 8.87. The molecule has 1 atom stereocenters. The third kappa shape index (κ3) is 4.01. The molecule has 0 aliphatic rings. The molecule has 1 N–H and O–H groups in total. The zero-order valence-electron chi connectivity index (χ0n) is 10.7. The van der Waals surface area contributed by atoms with Crippen LogP contribution in [-0.4, -0.2) is 25.0 Å². The lowest BCUT2D eigenvalue weighted by atomic mass is 10.1. The Morgan fingerprint density at radius 2 is 1.89 bits per heavy atom. The van der Waals surface area contributed by atoms with E-state index in [1.807, 2.05) is 0 Å². The average molecular weight is 271 g/mol. The average Bonchev–Trinajstić information content (AvgIpc) is 2.39. The molecule has 0 saturated heterocycles. The Balaban J connectivity index is 2.69. The van der Waals surface area contributed by atoms with Crippen molar-refractivity contribution in [3.8, 4) is 0 Å². The number of hydrogen-bond acceptors (Lipinski definition) is 3. The van der Waals surface area contributed by atoms with Gasteiger partial charge in [0, 0.05) is 11.6 Å². The molecule has 4 nitrogen and oxygen atoms in total. The summed E-state index contributed by atoms with van der Waals surface area (Å²) in [5.41, 5.74) is -0.391. The van der Waals surface area contributed by atoms with Crippen LogP contribution >= 0.6 is 0 Å². The van der Waals surface area contributed by atoms with Crippen LogP contribution in [0.2, 0.25) is 0 Å². The summed E-state index contributed by atoms with van der Waals surface area (Å²) in [4.78, 5) is 22.5. The van der Waals surface area contributed by atoms with E-state index in [9.17, 15) is 18.4 Å². The van der Waals surface area contributed by atoms with Crippen molar-refractivity contribution in [1.82, 2.24) is 5.32 Å². The quantitative estimate of drug-likeness (QED) is 0.831. The molecule has 1 aromatic carbocycles. The van der Waals surface area contributed by atoms with E-state index < -0.39 is 29.4 Å². The van der Waals surface area contributed by atoms with E-state index in [1.54, 1.807) is 6.07 Å². The van der Waals surface area contributed by atoms with Crippen LogP contribution < -0.4 is 5.32 Å². The Hall–Kier alpha value is -1.98. The number of nitrogens with one attached hydrogen (secondary N) is 1. The molecule has 0 heterocycles. The fourth-order valence-corrected chi connectivity index (χ4v) is 1.48. The lowest BCUT2D eigenvalue weighted by molar-refractivity contribution is -0.148.